The molecule has 1 aliphatic heterocycles. The smallest absolute Gasteiger partial charge is 0.128 e. The SMILES string of the molecule is C=C(C)C[C@@H]1CC(C)=C[C@H]1c1c(O)cc(CCCCCCC)c(C2CCC=N2)c1O. The van der Waals surface area contributed by atoms with Crippen molar-refractivity contribution in [1.29, 1.82) is 0 Å². The van der Waals surface area contributed by atoms with Crippen LogP contribution >= 0.6 is 0 Å². The second-order valence-corrected chi connectivity index (χ2v) is 9.48. The molecule has 164 valence electrons. The summed E-state index contributed by atoms with van der Waals surface area (Å²) in [5.74, 6) is 0.901. The van der Waals surface area contributed by atoms with E-state index in [1.807, 2.05) is 12.3 Å². The monoisotopic (exact) mass is 409 g/mol. The Balaban J connectivity index is 1.95. The van der Waals surface area contributed by atoms with Crippen LogP contribution in [0, 0.1) is 5.92 Å². The zero-order valence-corrected chi connectivity index (χ0v) is 19.1. The number of hydrogen-bond donors (Lipinski definition) is 2. The van der Waals surface area contributed by atoms with Crippen molar-refractivity contribution in [3.05, 3.63) is 46.6 Å². The molecule has 3 atom stereocenters. The van der Waals surface area contributed by atoms with Gasteiger partial charge in [0.15, 0.2) is 0 Å². The fourth-order valence-corrected chi connectivity index (χ4v) is 5.31. The topological polar surface area (TPSA) is 52.8 Å². The molecule has 0 aromatic heterocycles. The zero-order chi connectivity index (χ0) is 21.7. The molecule has 30 heavy (non-hydrogen) atoms. The Morgan fingerprint density at radius 2 is 1.93 bits per heavy atom. The Bertz CT molecular complexity index is 821. The third-order valence-electron chi connectivity index (χ3n) is 6.68. The molecule has 1 unspecified atom stereocenters. The van der Waals surface area contributed by atoms with E-state index in [9.17, 15) is 10.2 Å². The molecule has 0 saturated carbocycles. The van der Waals surface area contributed by atoms with Gasteiger partial charge in [-0.1, -0.05) is 49.8 Å². The Kier molecular flexibility index (Phi) is 7.80. The molecule has 3 rings (SSSR count). The van der Waals surface area contributed by atoms with Crippen molar-refractivity contribution >= 4 is 6.21 Å². The lowest BCUT2D eigenvalue weighted by Crippen LogP contribution is -2.10. The van der Waals surface area contributed by atoms with E-state index in [1.54, 1.807) is 0 Å². The molecule has 0 spiro atoms. The Hall–Kier alpha value is -2.03. The van der Waals surface area contributed by atoms with Gasteiger partial charge in [0, 0.05) is 17.0 Å². The number of benzene rings is 1. The first-order chi connectivity index (χ1) is 14.4. The van der Waals surface area contributed by atoms with Gasteiger partial charge in [-0.3, -0.25) is 4.99 Å². The second kappa shape index (κ2) is 10.3. The van der Waals surface area contributed by atoms with Gasteiger partial charge >= 0.3 is 0 Å². The number of unbranched alkanes of at least 4 members (excludes halogenated alkanes) is 4. The average Bonchev–Trinajstić information content (AvgIpc) is 3.31. The predicted molar refractivity (Wildman–Crippen MR) is 127 cm³/mol. The normalized spacial score (nSPS) is 23.2. The molecular weight excluding hydrogens is 370 g/mol. The van der Waals surface area contributed by atoms with Crippen molar-refractivity contribution in [2.75, 3.05) is 0 Å². The van der Waals surface area contributed by atoms with Crippen LogP contribution < -0.4 is 0 Å². The summed E-state index contributed by atoms with van der Waals surface area (Å²) in [5.41, 5.74) is 5.20. The molecule has 3 heteroatoms. The van der Waals surface area contributed by atoms with Crippen LogP contribution in [0.1, 0.15) is 107 Å². The van der Waals surface area contributed by atoms with Crippen molar-refractivity contribution in [2.45, 2.75) is 96.9 Å². The van der Waals surface area contributed by atoms with Crippen LogP contribution in [0.4, 0.5) is 0 Å². The maximum atomic E-state index is 11.5. The fourth-order valence-electron chi connectivity index (χ4n) is 5.31. The summed E-state index contributed by atoms with van der Waals surface area (Å²) in [6.45, 7) is 10.5. The molecular formula is C27H39NO2. The van der Waals surface area contributed by atoms with Gasteiger partial charge in [-0.05, 0) is 76.1 Å². The summed E-state index contributed by atoms with van der Waals surface area (Å²) in [7, 11) is 0. The second-order valence-electron chi connectivity index (χ2n) is 9.48. The summed E-state index contributed by atoms with van der Waals surface area (Å²) < 4.78 is 0. The summed E-state index contributed by atoms with van der Waals surface area (Å²) in [5, 5.41) is 22.5. The number of aryl methyl sites for hydroxylation is 1. The van der Waals surface area contributed by atoms with Gasteiger partial charge in [-0.25, -0.2) is 0 Å². The summed E-state index contributed by atoms with van der Waals surface area (Å²) in [6.07, 6.45) is 14.9. The number of phenols is 2. The highest BCUT2D eigenvalue weighted by Gasteiger charge is 2.34. The van der Waals surface area contributed by atoms with Crippen molar-refractivity contribution in [3.8, 4) is 11.5 Å². The predicted octanol–water partition coefficient (Wildman–Crippen LogP) is 7.53. The first-order valence-electron chi connectivity index (χ1n) is 11.8. The van der Waals surface area contributed by atoms with Crippen LogP contribution in [-0.2, 0) is 6.42 Å². The molecule has 0 saturated heterocycles. The minimum Gasteiger partial charge on any atom is -0.507 e. The van der Waals surface area contributed by atoms with E-state index in [0.29, 0.717) is 11.5 Å². The van der Waals surface area contributed by atoms with E-state index in [4.69, 9.17) is 0 Å². The third-order valence-corrected chi connectivity index (χ3v) is 6.68. The average molecular weight is 410 g/mol. The van der Waals surface area contributed by atoms with Gasteiger partial charge in [-0.2, -0.15) is 0 Å². The van der Waals surface area contributed by atoms with Crippen LogP contribution in [0.25, 0.3) is 0 Å². The van der Waals surface area contributed by atoms with E-state index in [2.05, 4.69) is 38.4 Å². The molecule has 2 N–H and O–H groups in total. The molecule has 0 radical (unpaired) electrons. The molecule has 1 aromatic rings. The van der Waals surface area contributed by atoms with Crippen LogP contribution in [0.15, 0.2) is 34.9 Å². The maximum Gasteiger partial charge on any atom is 0.128 e. The number of phenolic OH excluding ortho intramolecular Hbond substituents is 2. The van der Waals surface area contributed by atoms with Crippen molar-refractivity contribution < 1.29 is 10.2 Å². The number of allylic oxidation sites excluding steroid dienone is 3. The van der Waals surface area contributed by atoms with E-state index in [-0.39, 0.29) is 23.5 Å². The molecule has 3 nitrogen and oxygen atoms in total. The van der Waals surface area contributed by atoms with Crippen molar-refractivity contribution in [3.63, 3.8) is 0 Å². The Labute approximate surface area is 182 Å². The number of rotatable bonds is 10. The first-order valence-corrected chi connectivity index (χ1v) is 11.8. The standard InChI is InChI=1S/C27H39NO2/c1-5-6-7-8-9-11-20-17-24(29)26(27(30)25(20)23-12-10-13-28-23)22-16-19(4)15-21(22)14-18(2)3/h13,16-17,21-23,29-30H,2,5-12,14-15H2,1,3-4H3/t21-,22-,23?/m1/s1. The van der Waals surface area contributed by atoms with Gasteiger partial charge in [-0.15, -0.1) is 6.58 Å². The van der Waals surface area contributed by atoms with Gasteiger partial charge in [0.2, 0.25) is 0 Å². The van der Waals surface area contributed by atoms with E-state index in [0.717, 1.165) is 55.2 Å². The number of nitrogens with zero attached hydrogens (tertiary/aromatic N) is 1. The van der Waals surface area contributed by atoms with Crippen LogP contribution in [0.2, 0.25) is 0 Å². The molecule has 1 aliphatic carbocycles. The number of aliphatic imine (C=N–C) groups is 1. The first kappa shape index (κ1) is 22.7. The van der Waals surface area contributed by atoms with E-state index >= 15 is 0 Å². The quantitative estimate of drug-likeness (QED) is 0.310. The van der Waals surface area contributed by atoms with Crippen molar-refractivity contribution in [2.24, 2.45) is 10.9 Å². The van der Waals surface area contributed by atoms with Gasteiger partial charge in [0.1, 0.15) is 11.5 Å². The molecule has 0 amide bonds. The van der Waals surface area contributed by atoms with E-state index in [1.165, 1.54) is 31.3 Å². The lowest BCUT2D eigenvalue weighted by atomic mass is 9.81. The van der Waals surface area contributed by atoms with Crippen LogP contribution in [-0.4, -0.2) is 16.4 Å². The molecule has 1 aromatic carbocycles. The van der Waals surface area contributed by atoms with Gasteiger partial charge in [0.05, 0.1) is 6.04 Å². The van der Waals surface area contributed by atoms with Crippen LogP contribution in [0.5, 0.6) is 11.5 Å². The highest BCUT2D eigenvalue weighted by atomic mass is 16.3. The molecule has 0 fully saturated rings. The molecule has 0 bridgehead atoms. The van der Waals surface area contributed by atoms with Gasteiger partial charge in [0.25, 0.3) is 0 Å². The third kappa shape index (κ3) is 5.17. The maximum absolute atomic E-state index is 11.5. The highest BCUT2D eigenvalue weighted by molar-refractivity contribution is 5.64. The van der Waals surface area contributed by atoms with Gasteiger partial charge < -0.3 is 10.2 Å². The number of aromatic hydroxyl groups is 2. The Morgan fingerprint density at radius 3 is 2.60 bits per heavy atom. The lowest BCUT2D eigenvalue weighted by Gasteiger charge is -2.25. The fraction of sp³-hybridized carbons (Fsp3) is 0.593. The Morgan fingerprint density at radius 1 is 1.17 bits per heavy atom. The largest absolute Gasteiger partial charge is 0.507 e. The minimum absolute atomic E-state index is 0.0149. The summed E-state index contributed by atoms with van der Waals surface area (Å²) in [4.78, 5) is 4.67. The van der Waals surface area contributed by atoms with E-state index < -0.39 is 0 Å². The molecule has 2 aliphatic rings. The van der Waals surface area contributed by atoms with Crippen molar-refractivity contribution in [1.82, 2.24) is 0 Å². The lowest BCUT2D eigenvalue weighted by molar-refractivity contribution is 0.403. The summed E-state index contributed by atoms with van der Waals surface area (Å²) >= 11 is 0. The minimum atomic E-state index is 0.0149. The highest BCUT2D eigenvalue weighted by Crippen LogP contribution is 2.51. The zero-order valence-electron chi connectivity index (χ0n) is 19.1. The number of hydrogen-bond acceptors (Lipinski definition) is 3. The summed E-state index contributed by atoms with van der Waals surface area (Å²) in [6, 6.07) is 1.94. The van der Waals surface area contributed by atoms with Crippen LogP contribution in [0.3, 0.4) is 0 Å². The molecule has 1 heterocycles.